The van der Waals surface area contributed by atoms with Gasteiger partial charge in [-0.15, -0.1) is 0 Å². The molecule has 8 heteroatoms. The zero-order chi connectivity index (χ0) is 22.5. The summed E-state index contributed by atoms with van der Waals surface area (Å²) in [5, 5.41) is 8.20. The molecule has 3 aromatic rings. The summed E-state index contributed by atoms with van der Waals surface area (Å²) >= 11 is 0. The summed E-state index contributed by atoms with van der Waals surface area (Å²) in [7, 11) is 0. The van der Waals surface area contributed by atoms with Crippen LogP contribution in [0.4, 0.5) is 31.9 Å². The highest BCUT2D eigenvalue weighted by Crippen LogP contribution is 2.28. The van der Waals surface area contributed by atoms with Gasteiger partial charge in [-0.1, -0.05) is 36.4 Å². The first kappa shape index (κ1) is 21.0. The van der Waals surface area contributed by atoms with Gasteiger partial charge < -0.3 is 20.9 Å². The molecule has 0 saturated carbocycles. The number of amides is 4. The van der Waals surface area contributed by atoms with Gasteiger partial charge in [0.05, 0.1) is 11.6 Å². The third kappa shape index (κ3) is 4.92. The molecule has 162 valence electrons. The quantitative estimate of drug-likeness (QED) is 0.556. The van der Waals surface area contributed by atoms with Crippen LogP contribution in [0.2, 0.25) is 0 Å². The molecule has 4 rings (SSSR count). The highest BCUT2D eigenvalue weighted by molar-refractivity contribution is 6.04. The van der Waals surface area contributed by atoms with Crippen molar-refractivity contribution in [2.75, 3.05) is 27.4 Å². The van der Waals surface area contributed by atoms with Gasteiger partial charge in [-0.3, -0.25) is 9.59 Å². The van der Waals surface area contributed by atoms with Gasteiger partial charge in [-0.05, 0) is 42.5 Å². The lowest BCUT2D eigenvalue weighted by atomic mass is 10.1. The number of nitrogens with zero attached hydrogens (tertiary/aromatic N) is 1. The smallest absolute Gasteiger partial charge is 0.323 e. The van der Waals surface area contributed by atoms with E-state index in [2.05, 4.69) is 16.0 Å². The Bertz CT molecular complexity index is 1150. The maximum Gasteiger partial charge on any atom is 0.323 e. The van der Waals surface area contributed by atoms with Crippen LogP contribution in [-0.2, 0) is 9.59 Å². The number of nitrogens with one attached hydrogen (secondary N) is 3. The predicted molar refractivity (Wildman–Crippen MR) is 121 cm³/mol. The van der Waals surface area contributed by atoms with E-state index in [9.17, 15) is 18.8 Å². The summed E-state index contributed by atoms with van der Waals surface area (Å²) in [4.78, 5) is 38.5. The van der Waals surface area contributed by atoms with Crippen LogP contribution >= 0.6 is 0 Å². The van der Waals surface area contributed by atoms with Crippen molar-refractivity contribution in [3.05, 3.63) is 84.7 Å². The molecule has 0 unspecified atom stereocenters. The normalized spacial score (nSPS) is 15.3. The average Bonchev–Trinajstić information content (AvgIpc) is 3.16. The maximum absolute atomic E-state index is 14.0. The first-order valence-corrected chi connectivity index (χ1v) is 10.1. The molecule has 0 spiro atoms. The zero-order valence-electron chi connectivity index (χ0n) is 17.0. The minimum Gasteiger partial charge on any atom is -0.326 e. The lowest BCUT2D eigenvalue weighted by Gasteiger charge is -2.17. The van der Waals surface area contributed by atoms with Crippen LogP contribution in [0.25, 0.3) is 0 Å². The number of urea groups is 1. The van der Waals surface area contributed by atoms with Crippen molar-refractivity contribution in [3.8, 4) is 0 Å². The zero-order valence-corrected chi connectivity index (χ0v) is 17.0. The topological polar surface area (TPSA) is 90.5 Å². The fourth-order valence-corrected chi connectivity index (χ4v) is 3.52. The van der Waals surface area contributed by atoms with Gasteiger partial charge in [0.25, 0.3) is 0 Å². The van der Waals surface area contributed by atoms with Crippen molar-refractivity contribution in [1.29, 1.82) is 0 Å². The van der Waals surface area contributed by atoms with Crippen LogP contribution in [-0.4, -0.2) is 24.4 Å². The lowest BCUT2D eigenvalue weighted by molar-refractivity contribution is -0.122. The molecule has 7 nitrogen and oxygen atoms in total. The van der Waals surface area contributed by atoms with Crippen molar-refractivity contribution in [2.24, 2.45) is 5.92 Å². The summed E-state index contributed by atoms with van der Waals surface area (Å²) in [6.45, 7) is 0.100. The third-order valence-corrected chi connectivity index (χ3v) is 5.06. The maximum atomic E-state index is 14.0. The molecule has 4 amide bonds. The van der Waals surface area contributed by atoms with Crippen LogP contribution in [0.3, 0.4) is 0 Å². The van der Waals surface area contributed by atoms with Crippen molar-refractivity contribution in [3.63, 3.8) is 0 Å². The molecular weight excluding hydrogens is 411 g/mol. The van der Waals surface area contributed by atoms with E-state index >= 15 is 0 Å². The molecule has 1 saturated heterocycles. The van der Waals surface area contributed by atoms with E-state index in [1.807, 2.05) is 18.2 Å². The average molecular weight is 432 g/mol. The number of carbonyl (C=O) groups is 3. The molecule has 1 atom stereocenters. The fraction of sp³-hybridized carbons (Fsp3) is 0.125. The molecule has 1 heterocycles. The number of carbonyl (C=O) groups excluding carboxylic acids is 3. The van der Waals surface area contributed by atoms with E-state index in [0.29, 0.717) is 17.1 Å². The second-order valence-corrected chi connectivity index (χ2v) is 7.37. The van der Waals surface area contributed by atoms with Gasteiger partial charge in [-0.2, -0.15) is 0 Å². The van der Waals surface area contributed by atoms with E-state index in [1.54, 1.807) is 48.5 Å². The van der Waals surface area contributed by atoms with Crippen molar-refractivity contribution in [1.82, 2.24) is 0 Å². The highest BCUT2D eigenvalue weighted by atomic mass is 19.1. The Morgan fingerprint density at radius 2 is 1.44 bits per heavy atom. The molecule has 1 aliphatic heterocycles. The fourth-order valence-electron chi connectivity index (χ4n) is 3.52. The van der Waals surface area contributed by atoms with E-state index < -0.39 is 17.8 Å². The molecule has 1 fully saturated rings. The number of hydrogen-bond acceptors (Lipinski definition) is 3. The molecule has 3 N–H and O–H groups in total. The monoisotopic (exact) mass is 432 g/mol. The molecule has 0 aliphatic carbocycles. The summed E-state index contributed by atoms with van der Waals surface area (Å²) in [5.74, 6) is -1.76. The van der Waals surface area contributed by atoms with Crippen LogP contribution in [0.1, 0.15) is 6.42 Å². The number of anilines is 4. The summed E-state index contributed by atoms with van der Waals surface area (Å²) in [6, 6.07) is 21.3. The summed E-state index contributed by atoms with van der Waals surface area (Å²) < 4.78 is 14.0. The number of halogens is 1. The van der Waals surface area contributed by atoms with Gasteiger partial charge in [0.2, 0.25) is 11.8 Å². The van der Waals surface area contributed by atoms with Gasteiger partial charge in [0.1, 0.15) is 5.82 Å². The number of hydrogen-bond donors (Lipinski definition) is 3. The summed E-state index contributed by atoms with van der Waals surface area (Å²) in [5.41, 5.74) is 1.79. The predicted octanol–water partition coefficient (Wildman–Crippen LogP) is 4.46. The van der Waals surface area contributed by atoms with Crippen LogP contribution < -0.4 is 20.9 Å². The molecule has 0 bridgehead atoms. The lowest BCUT2D eigenvalue weighted by Crippen LogP contribution is -2.28. The van der Waals surface area contributed by atoms with E-state index in [-0.39, 0.29) is 30.5 Å². The Labute approximate surface area is 184 Å². The van der Waals surface area contributed by atoms with Crippen molar-refractivity contribution >= 4 is 40.6 Å². The molecule has 32 heavy (non-hydrogen) atoms. The first-order valence-electron chi connectivity index (χ1n) is 10.1. The van der Waals surface area contributed by atoms with Gasteiger partial charge in [0, 0.05) is 30.0 Å². The van der Waals surface area contributed by atoms with E-state index in [4.69, 9.17) is 0 Å². The Morgan fingerprint density at radius 3 is 2.19 bits per heavy atom. The third-order valence-electron chi connectivity index (χ3n) is 5.06. The Morgan fingerprint density at radius 1 is 0.812 bits per heavy atom. The van der Waals surface area contributed by atoms with E-state index in [1.165, 1.54) is 17.0 Å². The van der Waals surface area contributed by atoms with Gasteiger partial charge >= 0.3 is 6.03 Å². The van der Waals surface area contributed by atoms with Gasteiger partial charge in [0.15, 0.2) is 0 Å². The molecular formula is C24H21FN4O3. The van der Waals surface area contributed by atoms with Gasteiger partial charge in [-0.25, -0.2) is 9.18 Å². The minimum absolute atomic E-state index is 0.00239. The number of rotatable bonds is 5. The molecule has 1 aliphatic rings. The number of benzene rings is 3. The van der Waals surface area contributed by atoms with Crippen LogP contribution in [0, 0.1) is 11.7 Å². The number of para-hydroxylation sites is 2. The Kier molecular flexibility index (Phi) is 6.12. The SMILES string of the molecule is O=C(Nc1ccccc1)Nc1cccc(NC(=O)[C@H]2CC(=O)N(c3ccccc3F)C2)c1. The second kappa shape index (κ2) is 9.30. The Hall–Kier alpha value is -4.20. The largest absolute Gasteiger partial charge is 0.326 e. The Balaban J connectivity index is 1.37. The molecule has 0 aromatic heterocycles. The summed E-state index contributed by atoms with van der Waals surface area (Å²) in [6.07, 6.45) is -0.00239. The van der Waals surface area contributed by atoms with Crippen molar-refractivity contribution in [2.45, 2.75) is 6.42 Å². The van der Waals surface area contributed by atoms with Crippen LogP contribution in [0.5, 0.6) is 0 Å². The second-order valence-electron chi connectivity index (χ2n) is 7.37. The molecule has 3 aromatic carbocycles. The standard InChI is InChI=1S/C24H21FN4O3/c25-20-11-4-5-12-21(20)29-15-16(13-22(29)30)23(31)26-18-9-6-10-19(14-18)28-24(32)27-17-7-2-1-3-8-17/h1-12,14,16H,13,15H2,(H,26,31)(H2,27,28,32)/t16-/m0/s1. The minimum atomic E-state index is -0.611. The van der Waals surface area contributed by atoms with Crippen LogP contribution in [0.15, 0.2) is 78.9 Å². The molecule has 0 radical (unpaired) electrons. The van der Waals surface area contributed by atoms with E-state index in [0.717, 1.165) is 0 Å². The first-order chi connectivity index (χ1) is 15.5. The highest BCUT2D eigenvalue weighted by Gasteiger charge is 2.36. The van der Waals surface area contributed by atoms with Crippen molar-refractivity contribution < 1.29 is 18.8 Å².